The second-order valence-electron chi connectivity index (χ2n) is 4.76. The molecule has 2 aromatic rings. The number of para-hydroxylation sites is 1. The van der Waals surface area contributed by atoms with Crippen molar-refractivity contribution in [2.45, 2.75) is 19.9 Å². The molecule has 0 spiro atoms. The summed E-state index contributed by atoms with van der Waals surface area (Å²) < 4.78 is 0.844. The van der Waals surface area contributed by atoms with Crippen molar-refractivity contribution in [1.82, 2.24) is 0 Å². The van der Waals surface area contributed by atoms with Crippen LogP contribution >= 0.6 is 15.9 Å². The summed E-state index contributed by atoms with van der Waals surface area (Å²) in [5.74, 6) is -0.896. The zero-order valence-electron chi connectivity index (χ0n) is 11.4. The van der Waals surface area contributed by atoms with E-state index in [-0.39, 0.29) is 0 Å². The Morgan fingerprint density at radius 2 is 1.90 bits per heavy atom. The molecule has 0 fully saturated rings. The number of aryl methyl sites for hydroxylation is 2. The van der Waals surface area contributed by atoms with Crippen LogP contribution in [0.25, 0.3) is 0 Å². The first-order valence-electron chi connectivity index (χ1n) is 6.30. The molecule has 1 unspecified atom stereocenters. The fourth-order valence-electron chi connectivity index (χ4n) is 2.16. The van der Waals surface area contributed by atoms with Crippen molar-refractivity contribution < 1.29 is 9.90 Å². The molecule has 0 aliphatic rings. The van der Waals surface area contributed by atoms with E-state index in [2.05, 4.69) is 21.2 Å². The van der Waals surface area contributed by atoms with Gasteiger partial charge < -0.3 is 10.4 Å². The number of rotatable bonds is 4. The topological polar surface area (TPSA) is 49.3 Å². The highest BCUT2D eigenvalue weighted by molar-refractivity contribution is 9.10. The SMILES string of the molecule is Cc1ccc(C(Nc2ccccc2Br)C(=O)O)c(C)c1. The monoisotopic (exact) mass is 333 g/mol. The van der Waals surface area contributed by atoms with Crippen LogP contribution in [0.5, 0.6) is 0 Å². The normalized spacial score (nSPS) is 11.9. The van der Waals surface area contributed by atoms with Gasteiger partial charge in [-0.15, -0.1) is 0 Å². The Hall–Kier alpha value is -1.81. The second-order valence-corrected chi connectivity index (χ2v) is 5.61. The highest BCUT2D eigenvalue weighted by Gasteiger charge is 2.22. The van der Waals surface area contributed by atoms with Crippen molar-refractivity contribution >= 4 is 27.6 Å². The summed E-state index contributed by atoms with van der Waals surface area (Å²) in [6.07, 6.45) is 0. The number of benzene rings is 2. The van der Waals surface area contributed by atoms with Gasteiger partial charge in [0.05, 0.1) is 0 Å². The molecule has 0 saturated carbocycles. The fraction of sp³-hybridized carbons (Fsp3) is 0.188. The number of carbonyl (C=O) groups is 1. The Bertz CT molecular complexity index is 640. The maximum Gasteiger partial charge on any atom is 0.330 e. The zero-order chi connectivity index (χ0) is 14.7. The minimum atomic E-state index is -0.896. The number of hydrogen-bond donors (Lipinski definition) is 2. The molecule has 0 heterocycles. The van der Waals surface area contributed by atoms with Gasteiger partial charge in [0.2, 0.25) is 0 Å². The lowest BCUT2D eigenvalue weighted by Gasteiger charge is -2.19. The van der Waals surface area contributed by atoms with E-state index in [1.54, 1.807) is 0 Å². The summed E-state index contributed by atoms with van der Waals surface area (Å²) in [6.45, 7) is 3.92. The van der Waals surface area contributed by atoms with Crippen molar-refractivity contribution in [3.05, 3.63) is 63.6 Å². The fourth-order valence-corrected chi connectivity index (χ4v) is 2.56. The van der Waals surface area contributed by atoms with Crippen molar-refractivity contribution in [2.24, 2.45) is 0 Å². The van der Waals surface area contributed by atoms with Crippen molar-refractivity contribution in [3.63, 3.8) is 0 Å². The lowest BCUT2D eigenvalue weighted by Crippen LogP contribution is -2.21. The number of anilines is 1. The zero-order valence-corrected chi connectivity index (χ0v) is 12.9. The van der Waals surface area contributed by atoms with E-state index in [1.165, 1.54) is 0 Å². The van der Waals surface area contributed by atoms with Crippen LogP contribution in [0, 0.1) is 13.8 Å². The van der Waals surface area contributed by atoms with E-state index in [0.29, 0.717) is 0 Å². The van der Waals surface area contributed by atoms with E-state index in [0.717, 1.165) is 26.9 Å². The molecule has 20 heavy (non-hydrogen) atoms. The van der Waals surface area contributed by atoms with Crippen LogP contribution in [0.3, 0.4) is 0 Å². The third kappa shape index (κ3) is 3.20. The molecular formula is C16H16BrNO2. The first-order valence-corrected chi connectivity index (χ1v) is 7.09. The molecule has 2 aromatic carbocycles. The molecule has 1 atom stereocenters. The molecule has 0 radical (unpaired) electrons. The van der Waals surface area contributed by atoms with Crippen LogP contribution in [0.1, 0.15) is 22.7 Å². The predicted molar refractivity (Wildman–Crippen MR) is 84.1 cm³/mol. The minimum absolute atomic E-state index is 0.764. The number of nitrogens with one attached hydrogen (secondary N) is 1. The predicted octanol–water partition coefficient (Wildman–Crippen LogP) is 4.30. The van der Waals surface area contributed by atoms with Gasteiger partial charge in [-0.3, -0.25) is 0 Å². The molecule has 104 valence electrons. The summed E-state index contributed by atoms with van der Waals surface area (Å²) in [6, 6.07) is 12.5. The number of aliphatic carboxylic acids is 1. The molecule has 0 bridgehead atoms. The molecule has 2 rings (SSSR count). The summed E-state index contributed by atoms with van der Waals surface area (Å²) in [5.41, 5.74) is 3.63. The number of carboxylic acids is 1. The van der Waals surface area contributed by atoms with Crippen LogP contribution < -0.4 is 5.32 Å². The Morgan fingerprint density at radius 1 is 1.20 bits per heavy atom. The van der Waals surface area contributed by atoms with Gasteiger partial charge in [0.1, 0.15) is 0 Å². The largest absolute Gasteiger partial charge is 0.479 e. The molecular weight excluding hydrogens is 318 g/mol. The quantitative estimate of drug-likeness (QED) is 0.876. The third-order valence-electron chi connectivity index (χ3n) is 3.16. The summed E-state index contributed by atoms with van der Waals surface area (Å²) >= 11 is 3.42. The standard InChI is InChI=1S/C16H16BrNO2/c1-10-7-8-12(11(2)9-10)15(16(19)20)18-14-6-4-3-5-13(14)17/h3-9,15,18H,1-2H3,(H,19,20). The molecule has 0 saturated heterocycles. The average Bonchev–Trinajstić information content (AvgIpc) is 2.38. The first-order chi connectivity index (χ1) is 9.49. The highest BCUT2D eigenvalue weighted by atomic mass is 79.9. The van der Waals surface area contributed by atoms with E-state index in [4.69, 9.17) is 0 Å². The van der Waals surface area contributed by atoms with Crippen LogP contribution in [0.4, 0.5) is 5.69 Å². The highest BCUT2D eigenvalue weighted by Crippen LogP contribution is 2.28. The van der Waals surface area contributed by atoms with Gasteiger partial charge in [-0.25, -0.2) is 4.79 Å². The Kier molecular flexibility index (Phi) is 4.45. The lowest BCUT2D eigenvalue weighted by molar-refractivity contribution is -0.138. The molecule has 2 N–H and O–H groups in total. The van der Waals surface area contributed by atoms with Gasteiger partial charge in [0, 0.05) is 10.2 Å². The van der Waals surface area contributed by atoms with E-state index in [9.17, 15) is 9.90 Å². The van der Waals surface area contributed by atoms with E-state index < -0.39 is 12.0 Å². The van der Waals surface area contributed by atoms with Crippen molar-refractivity contribution in [3.8, 4) is 0 Å². The summed E-state index contributed by atoms with van der Waals surface area (Å²) in [4.78, 5) is 11.6. The van der Waals surface area contributed by atoms with Crippen LogP contribution in [-0.2, 0) is 4.79 Å². The van der Waals surface area contributed by atoms with Gasteiger partial charge in [0.15, 0.2) is 6.04 Å². The minimum Gasteiger partial charge on any atom is -0.479 e. The van der Waals surface area contributed by atoms with Crippen LogP contribution in [0.15, 0.2) is 46.9 Å². The van der Waals surface area contributed by atoms with Gasteiger partial charge in [0.25, 0.3) is 0 Å². The maximum absolute atomic E-state index is 11.6. The molecule has 0 amide bonds. The van der Waals surface area contributed by atoms with E-state index >= 15 is 0 Å². The third-order valence-corrected chi connectivity index (χ3v) is 3.85. The van der Waals surface area contributed by atoms with Gasteiger partial charge in [-0.1, -0.05) is 35.9 Å². The first kappa shape index (κ1) is 14.6. The lowest BCUT2D eigenvalue weighted by atomic mass is 9.99. The second kappa shape index (κ2) is 6.09. The summed E-state index contributed by atoms with van der Waals surface area (Å²) in [5, 5.41) is 12.6. The van der Waals surface area contributed by atoms with Gasteiger partial charge in [-0.2, -0.15) is 0 Å². The maximum atomic E-state index is 11.6. The van der Waals surface area contributed by atoms with E-state index in [1.807, 2.05) is 56.3 Å². The van der Waals surface area contributed by atoms with Gasteiger partial charge in [-0.05, 0) is 53.0 Å². The number of hydrogen-bond acceptors (Lipinski definition) is 2. The van der Waals surface area contributed by atoms with Crippen molar-refractivity contribution in [2.75, 3.05) is 5.32 Å². The molecule has 0 aliphatic carbocycles. The van der Waals surface area contributed by atoms with Crippen molar-refractivity contribution in [1.29, 1.82) is 0 Å². The Balaban J connectivity index is 2.37. The average molecular weight is 334 g/mol. The number of carboxylic acid groups (broad SMARTS) is 1. The number of halogens is 1. The van der Waals surface area contributed by atoms with Crippen LogP contribution in [0.2, 0.25) is 0 Å². The van der Waals surface area contributed by atoms with Crippen LogP contribution in [-0.4, -0.2) is 11.1 Å². The Labute approximate surface area is 126 Å². The molecule has 4 heteroatoms. The molecule has 0 aliphatic heterocycles. The molecule has 0 aromatic heterocycles. The molecule has 3 nitrogen and oxygen atoms in total. The Morgan fingerprint density at radius 3 is 2.50 bits per heavy atom. The summed E-state index contributed by atoms with van der Waals surface area (Å²) in [7, 11) is 0. The smallest absolute Gasteiger partial charge is 0.330 e. The van der Waals surface area contributed by atoms with Gasteiger partial charge >= 0.3 is 5.97 Å².